The third-order valence-electron chi connectivity index (χ3n) is 1.74. The molecule has 6 heteroatoms. The maximum Gasteiger partial charge on any atom is 0.391 e. The zero-order valence-corrected chi connectivity index (χ0v) is 8.17. The van der Waals surface area contributed by atoms with Crippen molar-refractivity contribution in [3.63, 3.8) is 0 Å². The molecule has 1 rings (SSSR count). The van der Waals surface area contributed by atoms with Crippen LogP contribution in [-0.2, 0) is 0 Å². The lowest BCUT2D eigenvalue weighted by molar-refractivity contribution is -0.136. The van der Waals surface area contributed by atoms with E-state index in [4.69, 9.17) is 5.73 Å². The highest BCUT2D eigenvalue weighted by atomic mass is 19.4. The normalized spacial score (nSPS) is 13.6. The first-order chi connectivity index (χ1) is 6.87. The van der Waals surface area contributed by atoms with Crippen LogP contribution in [0.15, 0.2) is 18.3 Å². The molecule has 1 unspecified atom stereocenters. The molecular weight excluding hydrogens is 207 g/mol. The van der Waals surface area contributed by atoms with E-state index in [2.05, 4.69) is 10.3 Å². The topological polar surface area (TPSA) is 50.9 Å². The van der Waals surface area contributed by atoms with Crippen molar-refractivity contribution >= 4 is 11.5 Å². The summed E-state index contributed by atoms with van der Waals surface area (Å²) in [6.07, 6.45) is -3.63. The average Bonchev–Trinajstić information content (AvgIpc) is 2.05. The Kier molecular flexibility index (Phi) is 3.39. The van der Waals surface area contributed by atoms with Crippen LogP contribution in [0.3, 0.4) is 0 Å². The van der Waals surface area contributed by atoms with E-state index in [1.807, 2.05) is 0 Å². The molecule has 1 aromatic heterocycles. The molecule has 15 heavy (non-hydrogen) atoms. The number of nitrogens with zero attached hydrogens (tertiary/aromatic N) is 1. The summed E-state index contributed by atoms with van der Waals surface area (Å²) < 4.78 is 36.0. The van der Waals surface area contributed by atoms with Crippen molar-refractivity contribution < 1.29 is 13.2 Å². The van der Waals surface area contributed by atoms with Gasteiger partial charge in [-0.25, -0.2) is 4.98 Å². The van der Waals surface area contributed by atoms with Crippen molar-refractivity contribution in [1.82, 2.24) is 4.98 Å². The van der Waals surface area contributed by atoms with Gasteiger partial charge in [-0.2, -0.15) is 13.2 Å². The molecule has 0 aliphatic rings. The minimum absolute atomic E-state index is 0.337. The molecule has 3 nitrogen and oxygen atoms in total. The van der Waals surface area contributed by atoms with Crippen LogP contribution in [0.25, 0.3) is 0 Å². The fourth-order valence-corrected chi connectivity index (χ4v) is 1.17. The monoisotopic (exact) mass is 219 g/mol. The number of hydrogen-bond acceptors (Lipinski definition) is 3. The van der Waals surface area contributed by atoms with Crippen molar-refractivity contribution in [2.45, 2.75) is 25.6 Å². The predicted molar refractivity (Wildman–Crippen MR) is 52.4 cm³/mol. The van der Waals surface area contributed by atoms with E-state index in [-0.39, 0.29) is 0 Å². The largest absolute Gasteiger partial charge is 0.391 e. The lowest BCUT2D eigenvalue weighted by Crippen LogP contribution is -2.23. The van der Waals surface area contributed by atoms with E-state index in [0.29, 0.717) is 11.5 Å². The second kappa shape index (κ2) is 4.37. The van der Waals surface area contributed by atoms with E-state index in [9.17, 15) is 13.2 Å². The number of nitrogens with two attached hydrogens (primary N) is 1. The highest BCUT2D eigenvalue weighted by Gasteiger charge is 2.29. The first-order valence-electron chi connectivity index (χ1n) is 4.41. The van der Waals surface area contributed by atoms with Gasteiger partial charge in [0.2, 0.25) is 0 Å². The number of hydrogen-bond donors (Lipinski definition) is 2. The summed E-state index contributed by atoms with van der Waals surface area (Å²) in [6.45, 7) is 1.46. The molecule has 0 bridgehead atoms. The van der Waals surface area contributed by atoms with Crippen LogP contribution in [0.4, 0.5) is 24.7 Å². The first-order valence-corrected chi connectivity index (χ1v) is 4.41. The minimum Gasteiger partial charge on any atom is -0.384 e. The van der Waals surface area contributed by atoms with Gasteiger partial charge in [0.1, 0.15) is 5.82 Å². The third-order valence-corrected chi connectivity index (χ3v) is 1.74. The number of nitrogens with one attached hydrogen (secondary N) is 1. The van der Waals surface area contributed by atoms with Gasteiger partial charge < -0.3 is 11.1 Å². The van der Waals surface area contributed by atoms with Gasteiger partial charge in [-0.15, -0.1) is 0 Å². The van der Waals surface area contributed by atoms with Crippen LogP contribution < -0.4 is 11.1 Å². The standard InChI is InChI=1S/C9H12F3N3/c1-6(4-9(10,11)12)15-7-2-3-8(13)14-5-7/h2-3,5-6,15H,4H2,1H3,(H2,13,14). The van der Waals surface area contributed by atoms with Crippen molar-refractivity contribution in [1.29, 1.82) is 0 Å². The molecule has 0 aromatic carbocycles. The number of halogens is 3. The summed E-state index contributed by atoms with van der Waals surface area (Å²) in [5.41, 5.74) is 5.87. The third kappa shape index (κ3) is 4.53. The molecule has 1 atom stereocenters. The van der Waals surface area contributed by atoms with E-state index in [1.165, 1.54) is 19.2 Å². The lowest BCUT2D eigenvalue weighted by atomic mass is 10.2. The van der Waals surface area contributed by atoms with Crippen molar-refractivity contribution in [3.8, 4) is 0 Å². The fourth-order valence-electron chi connectivity index (χ4n) is 1.17. The summed E-state index contributed by atoms with van der Waals surface area (Å²) in [5, 5.41) is 2.69. The summed E-state index contributed by atoms with van der Waals surface area (Å²) in [5.74, 6) is 0.337. The summed E-state index contributed by atoms with van der Waals surface area (Å²) in [7, 11) is 0. The van der Waals surface area contributed by atoms with Crippen molar-refractivity contribution in [2.24, 2.45) is 0 Å². The van der Waals surface area contributed by atoms with Gasteiger partial charge in [0.25, 0.3) is 0 Å². The zero-order chi connectivity index (χ0) is 11.5. The van der Waals surface area contributed by atoms with Crippen LogP contribution >= 0.6 is 0 Å². The smallest absolute Gasteiger partial charge is 0.384 e. The average molecular weight is 219 g/mol. The second-order valence-electron chi connectivity index (χ2n) is 3.34. The molecule has 3 N–H and O–H groups in total. The van der Waals surface area contributed by atoms with Gasteiger partial charge in [-0.3, -0.25) is 0 Å². The summed E-state index contributed by atoms with van der Waals surface area (Å²) in [4.78, 5) is 3.76. The molecule has 0 radical (unpaired) electrons. The number of nitrogen functional groups attached to an aromatic ring is 1. The van der Waals surface area contributed by atoms with Crippen molar-refractivity contribution in [3.05, 3.63) is 18.3 Å². The van der Waals surface area contributed by atoms with Gasteiger partial charge in [-0.1, -0.05) is 0 Å². The molecule has 0 amide bonds. The quantitative estimate of drug-likeness (QED) is 0.820. The van der Waals surface area contributed by atoms with Crippen LogP contribution in [0, 0.1) is 0 Å². The summed E-state index contributed by atoms with van der Waals surface area (Å²) >= 11 is 0. The number of anilines is 2. The van der Waals surface area contributed by atoms with Gasteiger partial charge in [0.15, 0.2) is 0 Å². The highest BCUT2D eigenvalue weighted by molar-refractivity contribution is 5.45. The Morgan fingerprint density at radius 2 is 2.13 bits per heavy atom. The number of rotatable bonds is 3. The van der Waals surface area contributed by atoms with E-state index in [0.717, 1.165) is 0 Å². The molecule has 0 fully saturated rings. The molecule has 0 spiro atoms. The van der Waals surface area contributed by atoms with Crippen LogP contribution in [0.5, 0.6) is 0 Å². The van der Waals surface area contributed by atoms with E-state index < -0.39 is 18.6 Å². The van der Waals surface area contributed by atoms with Gasteiger partial charge in [0.05, 0.1) is 18.3 Å². The van der Waals surface area contributed by atoms with E-state index in [1.54, 1.807) is 6.07 Å². The van der Waals surface area contributed by atoms with Crippen LogP contribution in [-0.4, -0.2) is 17.2 Å². The Hall–Kier alpha value is -1.46. The molecular formula is C9H12F3N3. The fraction of sp³-hybridized carbons (Fsp3) is 0.444. The Morgan fingerprint density at radius 3 is 2.60 bits per heavy atom. The van der Waals surface area contributed by atoms with E-state index >= 15 is 0 Å². The molecule has 0 saturated carbocycles. The maximum atomic E-state index is 12.0. The molecule has 0 aliphatic carbocycles. The highest BCUT2D eigenvalue weighted by Crippen LogP contribution is 2.23. The zero-order valence-electron chi connectivity index (χ0n) is 8.17. The Bertz CT molecular complexity index is 307. The van der Waals surface area contributed by atoms with Gasteiger partial charge in [-0.05, 0) is 19.1 Å². The lowest BCUT2D eigenvalue weighted by Gasteiger charge is -2.16. The molecule has 84 valence electrons. The minimum atomic E-state index is -4.16. The van der Waals surface area contributed by atoms with Gasteiger partial charge in [0, 0.05) is 6.04 Å². The molecule has 1 heterocycles. The Balaban J connectivity index is 2.51. The molecule has 0 aliphatic heterocycles. The SMILES string of the molecule is CC(CC(F)(F)F)Nc1ccc(N)nc1. The van der Waals surface area contributed by atoms with Crippen LogP contribution in [0.1, 0.15) is 13.3 Å². The maximum absolute atomic E-state index is 12.0. The number of aromatic nitrogens is 1. The predicted octanol–water partition coefficient (Wildman–Crippen LogP) is 2.42. The number of alkyl halides is 3. The molecule has 0 saturated heterocycles. The van der Waals surface area contributed by atoms with Crippen molar-refractivity contribution in [2.75, 3.05) is 11.1 Å². The second-order valence-corrected chi connectivity index (χ2v) is 3.34. The Labute approximate surface area is 85.5 Å². The van der Waals surface area contributed by atoms with Crippen LogP contribution in [0.2, 0.25) is 0 Å². The molecule has 1 aromatic rings. The number of pyridine rings is 1. The Morgan fingerprint density at radius 1 is 1.47 bits per heavy atom. The van der Waals surface area contributed by atoms with Gasteiger partial charge >= 0.3 is 6.18 Å². The summed E-state index contributed by atoms with van der Waals surface area (Å²) in [6, 6.07) is 2.44. The first kappa shape index (κ1) is 11.6.